The summed E-state index contributed by atoms with van der Waals surface area (Å²) in [6, 6.07) is 21.6. The van der Waals surface area contributed by atoms with E-state index >= 15 is 0 Å². The zero-order valence-corrected chi connectivity index (χ0v) is 16.1. The predicted molar refractivity (Wildman–Crippen MR) is 112 cm³/mol. The highest BCUT2D eigenvalue weighted by Gasteiger charge is 2.09. The van der Waals surface area contributed by atoms with Gasteiger partial charge in [0.15, 0.2) is 0 Å². The zero-order chi connectivity index (χ0) is 19.9. The van der Waals surface area contributed by atoms with Crippen molar-refractivity contribution in [3.8, 4) is 11.8 Å². The minimum absolute atomic E-state index is 0.432. The fourth-order valence-electron chi connectivity index (χ4n) is 2.84. The highest BCUT2D eigenvalue weighted by molar-refractivity contribution is 5.95. The number of pyridine rings is 1. The SMILES string of the molecule is CC(C)c1ccc(COc2ccc(/C(C#N)=C(/N)c3ccncc3)cc2)cc1. The van der Waals surface area contributed by atoms with Gasteiger partial charge in [0, 0.05) is 18.0 Å². The monoisotopic (exact) mass is 369 g/mol. The van der Waals surface area contributed by atoms with Gasteiger partial charge in [0.05, 0.1) is 11.3 Å². The Morgan fingerprint density at radius 1 is 0.964 bits per heavy atom. The molecular formula is C24H23N3O. The highest BCUT2D eigenvalue weighted by Crippen LogP contribution is 2.24. The van der Waals surface area contributed by atoms with Crippen molar-refractivity contribution < 1.29 is 4.74 Å². The molecular weight excluding hydrogens is 346 g/mol. The smallest absolute Gasteiger partial charge is 0.119 e. The van der Waals surface area contributed by atoms with Crippen LogP contribution in [0.3, 0.4) is 0 Å². The van der Waals surface area contributed by atoms with Crippen LogP contribution in [0.4, 0.5) is 0 Å². The lowest BCUT2D eigenvalue weighted by Gasteiger charge is -2.10. The Morgan fingerprint density at radius 2 is 1.61 bits per heavy atom. The molecule has 0 fully saturated rings. The molecule has 0 amide bonds. The van der Waals surface area contributed by atoms with Crippen molar-refractivity contribution in [3.05, 3.63) is 95.3 Å². The molecule has 2 N–H and O–H groups in total. The van der Waals surface area contributed by atoms with E-state index in [9.17, 15) is 5.26 Å². The molecule has 3 rings (SSSR count). The maximum absolute atomic E-state index is 9.56. The number of hydrogen-bond acceptors (Lipinski definition) is 4. The lowest BCUT2D eigenvalue weighted by molar-refractivity contribution is 0.306. The van der Waals surface area contributed by atoms with Gasteiger partial charge < -0.3 is 10.5 Å². The quantitative estimate of drug-likeness (QED) is 0.611. The standard InChI is InChI=1S/C24H23N3O/c1-17(2)19-5-3-18(4-6-19)16-28-22-9-7-20(8-10-22)23(15-25)24(26)21-11-13-27-14-12-21/h3-14,17H,16,26H2,1-2H3/b24-23+. The van der Waals surface area contributed by atoms with Gasteiger partial charge in [0.2, 0.25) is 0 Å². The molecule has 0 radical (unpaired) electrons. The average molecular weight is 369 g/mol. The van der Waals surface area contributed by atoms with E-state index in [4.69, 9.17) is 10.5 Å². The van der Waals surface area contributed by atoms with Crippen LogP contribution < -0.4 is 10.5 Å². The summed E-state index contributed by atoms with van der Waals surface area (Å²) in [4.78, 5) is 3.98. The van der Waals surface area contributed by atoms with E-state index in [0.29, 0.717) is 23.8 Å². The van der Waals surface area contributed by atoms with Crippen LogP contribution in [0.2, 0.25) is 0 Å². The molecule has 0 atom stereocenters. The first-order valence-electron chi connectivity index (χ1n) is 9.21. The Hall–Kier alpha value is -3.58. The molecule has 3 aromatic rings. The van der Waals surface area contributed by atoms with Gasteiger partial charge in [-0.2, -0.15) is 5.26 Å². The second kappa shape index (κ2) is 8.88. The number of nitrogens with two attached hydrogens (primary N) is 1. The molecule has 2 aromatic carbocycles. The van der Waals surface area contributed by atoms with Crippen LogP contribution in [0.5, 0.6) is 5.75 Å². The van der Waals surface area contributed by atoms with Gasteiger partial charge in [-0.3, -0.25) is 4.98 Å². The van der Waals surface area contributed by atoms with Crippen molar-refractivity contribution >= 4 is 11.3 Å². The third-order valence-electron chi connectivity index (χ3n) is 4.57. The molecule has 140 valence electrons. The van der Waals surface area contributed by atoms with Crippen LogP contribution >= 0.6 is 0 Å². The van der Waals surface area contributed by atoms with Crippen molar-refractivity contribution in [2.75, 3.05) is 0 Å². The summed E-state index contributed by atoms with van der Waals surface area (Å²) in [5.74, 6) is 1.26. The third kappa shape index (κ3) is 4.57. The van der Waals surface area contributed by atoms with E-state index in [1.807, 2.05) is 24.3 Å². The average Bonchev–Trinajstić information content (AvgIpc) is 2.74. The summed E-state index contributed by atoms with van der Waals surface area (Å²) in [6.07, 6.45) is 3.31. The molecule has 0 spiro atoms. The highest BCUT2D eigenvalue weighted by atomic mass is 16.5. The van der Waals surface area contributed by atoms with E-state index in [1.165, 1.54) is 5.56 Å². The van der Waals surface area contributed by atoms with Gasteiger partial charge in [-0.15, -0.1) is 0 Å². The maximum atomic E-state index is 9.56. The number of hydrogen-bond donors (Lipinski definition) is 1. The van der Waals surface area contributed by atoms with Crippen LogP contribution in [-0.2, 0) is 6.61 Å². The molecule has 1 heterocycles. The van der Waals surface area contributed by atoms with E-state index in [0.717, 1.165) is 22.4 Å². The fourth-order valence-corrected chi connectivity index (χ4v) is 2.84. The van der Waals surface area contributed by atoms with Crippen LogP contribution in [0, 0.1) is 11.3 Å². The molecule has 0 saturated heterocycles. The Balaban J connectivity index is 1.71. The Bertz CT molecular complexity index is 983. The van der Waals surface area contributed by atoms with E-state index in [1.54, 1.807) is 24.5 Å². The predicted octanol–water partition coefficient (Wildman–Crippen LogP) is 5.13. The second-order valence-electron chi connectivity index (χ2n) is 6.85. The summed E-state index contributed by atoms with van der Waals surface area (Å²) in [5.41, 5.74) is 11.0. The molecule has 0 unspecified atom stereocenters. The number of nitriles is 1. The van der Waals surface area contributed by atoms with Crippen LogP contribution in [0.25, 0.3) is 11.3 Å². The molecule has 4 heteroatoms. The minimum atomic E-state index is 0.432. The number of ether oxygens (including phenoxy) is 1. The lowest BCUT2D eigenvalue weighted by Crippen LogP contribution is -2.01. The maximum Gasteiger partial charge on any atom is 0.119 e. The number of rotatable bonds is 6. The molecule has 1 aromatic heterocycles. The normalized spacial score (nSPS) is 11.6. The Morgan fingerprint density at radius 3 is 2.18 bits per heavy atom. The van der Waals surface area contributed by atoms with Gasteiger partial charge in [-0.25, -0.2) is 0 Å². The summed E-state index contributed by atoms with van der Waals surface area (Å²) in [7, 11) is 0. The van der Waals surface area contributed by atoms with Crippen LogP contribution in [0.1, 0.15) is 42.0 Å². The van der Waals surface area contributed by atoms with Gasteiger partial charge in [-0.05, 0) is 59.0 Å². The minimum Gasteiger partial charge on any atom is -0.489 e. The number of nitrogens with zero attached hydrogens (tertiary/aromatic N) is 2. The first kappa shape index (κ1) is 19.2. The van der Waals surface area contributed by atoms with Crippen molar-refractivity contribution in [3.63, 3.8) is 0 Å². The second-order valence-corrected chi connectivity index (χ2v) is 6.85. The number of allylic oxidation sites excluding steroid dienone is 1. The Kier molecular flexibility index (Phi) is 6.08. The first-order valence-corrected chi connectivity index (χ1v) is 9.21. The summed E-state index contributed by atoms with van der Waals surface area (Å²) < 4.78 is 5.87. The lowest BCUT2D eigenvalue weighted by atomic mass is 10.0. The van der Waals surface area contributed by atoms with Gasteiger partial charge in [-0.1, -0.05) is 38.1 Å². The zero-order valence-electron chi connectivity index (χ0n) is 16.1. The molecule has 0 saturated carbocycles. The molecule has 0 aliphatic carbocycles. The summed E-state index contributed by atoms with van der Waals surface area (Å²) in [5, 5.41) is 9.56. The van der Waals surface area contributed by atoms with Crippen LogP contribution in [0.15, 0.2) is 73.1 Å². The molecule has 0 aliphatic rings. The van der Waals surface area contributed by atoms with Crippen molar-refractivity contribution in [1.29, 1.82) is 5.26 Å². The topological polar surface area (TPSA) is 71.9 Å². The number of benzene rings is 2. The van der Waals surface area contributed by atoms with E-state index in [2.05, 4.69) is 49.2 Å². The van der Waals surface area contributed by atoms with Crippen molar-refractivity contribution in [2.24, 2.45) is 5.73 Å². The number of aromatic nitrogens is 1. The summed E-state index contributed by atoms with van der Waals surface area (Å²) in [6.45, 7) is 4.86. The van der Waals surface area contributed by atoms with Crippen molar-refractivity contribution in [1.82, 2.24) is 4.98 Å². The van der Waals surface area contributed by atoms with Gasteiger partial charge in [0.25, 0.3) is 0 Å². The molecule has 0 aliphatic heterocycles. The van der Waals surface area contributed by atoms with Gasteiger partial charge in [0.1, 0.15) is 18.4 Å². The fraction of sp³-hybridized carbons (Fsp3) is 0.167. The molecule has 4 nitrogen and oxygen atoms in total. The largest absolute Gasteiger partial charge is 0.489 e. The van der Waals surface area contributed by atoms with E-state index < -0.39 is 0 Å². The van der Waals surface area contributed by atoms with E-state index in [-0.39, 0.29) is 0 Å². The van der Waals surface area contributed by atoms with Crippen LogP contribution in [-0.4, -0.2) is 4.98 Å². The van der Waals surface area contributed by atoms with Gasteiger partial charge >= 0.3 is 0 Å². The van der Waals surface area contributed by atoms with Crippen molar-refractivity contribution in [2.45, 2.75) is 26.4 Å². The first-order chi connectivity index (χ1) is 13.6. The Labute approximate surface area is 165 Å². The summed E-state index contributed by atoms with van der Waals surface area (Å²) >= 11 is 0. The third-order valence-corrected chi connectivity index (χ3v) is 4.57. The molecule has 0 bridgehead atoms. The molecule has 28 heavy (non-hydrogen) atoms.